The molecule has 3 rings (SSSR count). The van der Waals surface area contributed by atoms with Crippen LogP contribution in [-0.4, -0.2) is 43.4 Å². The molecule has 2 aromatic carbocycles. The highest BCUT2D eigenvalue weighted by atomic mass is 16.5. The Morgan fingerprint density at radius 3 is 2.38 bits per heavy atom. The van der Waals surface area contributed by atoms with E-state index in [0.717, 1.165) is 17.1 Å². The Balaban J connectivity index is 1.49. The Labute approximate surface area is 172 Å². The van der Waals surface area contributed by atoms with Gasteiger partial charge in [-0.2, -0.15) is 0 Å². The molecule has 2 aromatic rings. The fraction of sp³-hybridized carbons (Fsp3) is 0.417. The monoisotopic (exact) mass is 395 g/mol. The molecule has 0 atom stereocenters. The summed E-state index contributed by atoms with van der Waals surface area (Å²) in [6.07, 6.45) is 2.55. The smallest absolute Gasteiger partial charge is 0.222 e. The van der Waals surface area contributed by atoms with E-state index in [1.165, 1.54) is 0 Å². The van der Waals surface area contributed by atoms with Crippen molar-refractivity contribution in [3.8, 4) is 11.5 Å². The number of hydrogen-bond acceptors (Lipinski definition) is 4. The zero-order valence-electron chi connectivity index (χ0n) is 17.2. The third kappa shape index (κ3) is 5.37. The molecule has 0 bridgehead atoms. The number of nitrogens with zero attached hydrogens (tertiary/aromatic N) is 1. The molecule has 1 heterocycles. The molecular weight excluding hydrogens is 366 g/mol. The van der Waals surface area contributed by atoms with Gasteiger partial charge in [-0.1, -0.05) is 18.2 Å². The van der Waals surface area contributed by atoms with Crippen LogP contribution in [0.25, 0.3) is 0 Å². The van der Waals surface area contributed by atoms with Gasteiger partial charge < -0.3 is 14.4 Å². The highest BCUT2D eigenvalue weighted by Gasteiger charge is 2.27. The second-order valence-electron chi connectivity index (χ2n) is 7.29. The second kappa shape index (κ2) is 10.1. The second-order valence-corrected chi connectivity index (χ2v) is 7.29. The molecule has 5 nitrogen and oxygen atoms in total. The van der Waals surface area contributed by atoms with Gasteiger partial charge in [0.1, 0.15) is 11.5 Å². The maximum absolute atomic E-state index is 12.7. The zero-order valence-corrected chi connectivity index (χ0v) is 17.2. The number of carbonyl (C=O) groups excluding carboxylic acids is 2. The van der Waals surface area contributed by atoms with Crippen LogP contribution < -0.4 is 9.47 Å². The minimum atomic E-state index is -0.0221. The number of ketones is 1. The summed E-state index contributed by atoms with van der Waals surface area (Å²) >= 11 is 0. The van der Waals surface area contributed by atoms with E-state index in [1.54, 1.807) is 7.11 Å². The van der Waals surface area contributed by atoms with Gasteiger partial charge in [-0.3, -0.25) is 9.59 Å². The summed E-state index contributed by atoms with van der Waals surface area (Å²) in [4.78, 5) is 27.3. The standard InChI is InChI=1S/C24H29NO4/c1-3-29-22-7-5-4-6-18(22)10-13-23(26)25-16-14-20(15-17-25)24(27)19-8-11-21(28-2)12-9-19/h4-9,11-12,20H,3,10,13-17H2,1-2H3. The predicted molar refractivity (Wildman–Crippen MR) is 113 cm³/mol. The van der Waals surface area contributed by atoms with Gasteiger partial charge in [0.05, 0.1) is 13.7 Å². The molecular formula is C24H29NO4. The molecule has 0 N–H and O–H groups in total. The number of hydrogen-bond donors (Lipinski definition) is 0. The zero-order chi connectivity index (χ0) is 20.6. The Morgan fingerprint density at radius 1 is 1.03 bits per heavy atom. The van der Waals surface area contributed by atoms with Crippen LogP contribution in [0.2, 0.25) is 0 Å². The van der Waals surface area contributed by atoms with Crippen molar-refractivity contribution in [2.45, 2.75) is 32.6 Å². The summed E-state index contributed by atoms with van der Waals surface area (Å²) in [5.41, 5.74) is 1.77. The quantitative estimate of drug-likeness (QED) is 0.630. The molecule has 0 radical (unpaired) electrons. The van der Waals surface area contributed by atoms with E-state index in [-0.39, 0.29) is 17.6 Å². The van der Waals surface area contributed by atoms with Gasteiger partial charge in [-0.25, -0.2) is 0 Å². The number of Topliss-reactive ketones (excluding diaryl/α,β-unsaturated/α-hetero) is 1. The number of methoxy groups -OCH3 is 1. The highest BCUT2D eigenvalue weighted by Crippen LogP contribution is 2.24. The SMILES string of the molecule is CCOc1ccccc1CCC(=O)N1CCC(C(=O)c2ccc(OC)cc2)CC1. The van der Waals surface area contributed by atoms with Crippen LogP contribution >= 0.6 is 0 Å². The minimum absolute atomic E-state index is 0.0221. The third-order valence-electron chi connectivity index (χ3n) is 5.47. The van der Waals surface area contributed by atoms with E-state index in [0.29, 0.717) is 50.9 Å². The van der Waals surface area contributed by atoms with E-state index in [4.69, 9.17) is 9.47 Å². The minimum Gasteiger partial charge on any atom is -0.497 e. The van der Waals surface area contributed by atoms with Crippen molar-refractivity contribution in [2.24, 2.45) is 5.92 Å². The highest BCUT2D eigenvalue weighted by molar-refractivity contribution is 5.98. The largest absolute Gasteiger partial charge is 0.497 e. The first kappa shape index (κ1) is 20.9. The molecule has 0 spiro atoms. The lowest BCUT2D eigenvalue weighted by Gasteiger charge is -2.31. The molecule has 1 aliphatic heterocycles. The molecule has 1 fully saturated rings. The maximum atomic E-state index is 12.7. The lowest BCUT2D eigenvalue weighted by Crippen LogP contribution is -2.40. The number of aryl methyl sites for hydroxylation is 1. The first-order valence-electron chi connectivity index (χ1n) is 10.3. The molecule has 0 saturated carbocycles. The van der Waals surface area contributed by atoms with Crippen molar-refractivity contribution in [1.82, 2.24) is 4.90 Å². The molecule has 0 aromatic heterocycles. The van der Waals surface area contributed by atoms with E-state index in [1.807, 2.05) is 60.4 Å². The van der Waals surface area contributed by atoms with Crippen LogP contribution in [0, 0.1) is 5.92 Å². The van der Waals surface area contributed by atoms with Gasteiger partial charge in [-0.15, -0.1) is 0 Å². The molecule has 29 heavy (non-hydrogen) atoms. The van der Waals surface area contributed by atoms with E-state index >= 15 is 0 Å². The first-order chi connectivity index (χ1) is 14.1. The fourth-order valence-corrected chi connectivity index (χ4v) is 3.79. The first-order valence-corrected chi connectivity index (χ1v) is 10.3. The van der Waals surface area contributed by atoms with Gasteiger partial charge in [0.15, 0.2) is 5.78 Å². The van der Waals surface area contributed by atoms with Crippen molar-refractivity contribution in [3.63, 3.8) is 0 Å². The van der Waals surface area contributed by atoms with Gasteiger partial charge in [0, 0.05) is 31.0 Å². The van der Waals surface area contributed by atoms with Gasteiger partial charge >= 0.3 is 0 Å². The third-order valence-corrected chi connectivity index (χ3v) is 5.47. The van der Waals surface area contributed by atoms with Crippen LogP contribution in [0.5, 0.6) is 11.5 Å². The average Bonchev–Trinajstić information content (AvgIpc) is 2.78. The van der Waals surface area contributed by atoms with E-state index < -0.39 is 0 Å². The molecule has 1 amide bonds. The number of amides is 1. The number of carbonyl (C=O) groups is 2. The summed E-state index contributed by atoms with van der Waals surface area (Å²) < 4.78 is 10.8. The van der Waals surface area contributed by atoms with Crippen molar-refractivity contribution in [1.29, 1.82) is 0 Å². The van der Waals surface area contributed by atoms with Gasteiger partial charge in [0.2, 0.25) is 5.91 Å². The number of benzene rings is 2. The van der Waals surface area contributed by atoms with Crippen molar-refractivity contribution < 1.29 is 19.1 Å². The number of rotatable bonds is 8. The molecule has 1 aliphatic rings. The van der Waals surface area contributed by atoms with E-state index in [2.05, 4.69) is 0 Å². The summed E-state index contributed by atoms with van der Waals surface area (Å²) in [6.45, 7) is 3.84. The van der Waals surface area contributed by atoms with E-state index in [9.17, 15) is 9.59 Å². The van der Waals surface area contributed by atoms with Gasteiger partial charge in [-0.05, 0) is 62.1 Å². The van der Waals surface area contributed by atoms with Crippen molar-refractivity contribution >= 4 is 11.7 Å². The Morgan fingerprint density at radius 2 is 1.72 bits per heavy atom. The summed E-state index contributed by atoms with van der Waals surface area (Å²) in [6, 6.07) is 15.1. The number of para-hydroxylation sites is 1. The lowest BCUT2D eigenvalue weighted by molar-refractivity contribution is -0.132. The van der Waals surface area contributed by atoms with Crippen molar-refractivity contribution in [3.05, 3.63) is 59.7 Å². The lowest BCUT2D eigenvalue weighted by atomic mass is 9.88. The molecule has 1 saturated heterocycles. The Kier molecular flexibility index (Phi) is 7.28. The summed E-state index contributed by atoms with van der Waals surface area (Å²) in [5, 5.41) is 0. The van der Waals surface area contributed by atoms with Gasteiger partial charge in [0.25, 0.3) is 0 Å². The fourth-order valence-electron chi connectivity index (χ4n) is 3.79. The van der Waals surface area contributed by atoms with Crippen LogP contribution in [0.15, 0.2) is 48.5 Å². The van der Waals surface area contributed by atoms with Crippen molar-refractivity contribution in [2.75, 3.05) is 26.8 Å². The summed E-state index contributed by atoms with van der Waals surface area (Å²) in [5.74, 6) is 1.88. The maximum Gasteiger partial charge on any atom is 0.222 e. The Bertz CT molecular complexity index is 823. The average molecular weight is 395 g/mol. The topological polar surface area (TPSA) is 55.8 Å². The van der Waals surface area contributed by atoms with Crippen LogP contribution in [-0.2, 0) is 11.2 Å². The normalized spacial score (nSPS) is 14.5. The molecule has 0 unspecified atom stereocenters. The Hall–Kier alpha value is -2.82. The number of ether oxygens (including phenoxy) is 2. The molecule has 5 heteroatoms. The van der Waals surface area contributed by atoms with Crippen LogP contribution in [0.3, 0.4) is 0 Å². The molecule has 154 valence electrons. The van der Waals surface area contributed by atoms with Crippen LogP contribution in [0.1, 0.15) is 42.1 Å². The number of likely N-dealkylation sites (tertiary alicyclic amines) is 1. The van der Waals surface area contributed by atoms with Crippen LogP contribution in [0.4, 0.5) is 0 Å². The summed E-state index contributed by atoms with van der Waals surface area (Å²) in [7, 11) is 1.61. The number of piperidine rings is 1. The predicted octanol–water partition coefficient (Wildman–Crippen LogP) is 4.15. The molecule has 0 aliphatic carbocycles.